The number of anilines is 2. The molecule has 1 aliphatic heterocycles. The number of rotatable bonds is 7. The van der Waals surface area contributed by atoms with Crippen LogP contribution < -0.4 is 15.8 Å². The van der Waals surface area contributed by atoms with Crippen molar-refractivity contribution in [3.05, 3.63) is 39.5 Å². The number of nitrogens with one attached hydrogen (secondary N) is 1. The predicted octanol–water partition coefficient (Wildman–Crippen LogP) is 4.19. The van der Waals surface area contributed by atoms with Gasteiger partial charge < -0.3 is 20.7 Å². The Morgan fingerprint density at radius 1 is 1.21 bits per heavy atom. The number of benzene rings is 1. The van der Waals surface area contributed by atoms with Gasteiger partial charge in [0.05, 0.1) is 10.0 Å². The standard InChI is InChI=1S/C20H27Cl2N5O/c1-13-16(19(24-2)26-20(23)25-13)4-3-9-27-10-7-14(8-11-27)28-15-5-6-17(21)18(22)12-15/h5-6,12,14H,3-4,7-11H2,1-2H3,(H3,23,24,25,26). The van der Waals surface area contributed by atoms with Crippen molar-refractivity contribution in [2.24, 2.45) is 0 Å². The Balaban J connectivity index is 1.44. The first-order chi connectivity index (χ1) is 13.5. The highest BCUT2D eigenvalue weighted by molar-refractivity contribution is 6.42. The molecule has 0 unspecified atom stereocenters. The van der Waals surface area contributed by atoms with E-state index in [0.29, 0.717) is 16.0 Å². The second-order valence-electron chi connectivity index (χ2n) is 7.08. The number of nitrogens with two attached hydrogens (primary N) is 1. The van der Waals surface area contributed by atoms with E-state index in [1.165, 1.54) is 0 Å². The maximum Gasteiger partial charge on any atom is 0.222 e. The average Bonchev–Trinajstić information content (AvgIpc) is 2.67. The minimum absolute atomic E-state index is 0.220. The molecule has 1 aliphatic rings. The van der Waals surface area contributed by atoms with E-state index in [1.54, 1.807) is 12.1 Å². The molecule has 0 bridgehead atoms. The smallest absolute Gasteiger partial charge is 0.222 e. The number of nitrogen functional groups attached to an aromatic ring is 1. The lowest BCUT2D eigenvalue weighted by Gasteiger charge is -2.32. The summed E-state index contributed by atoms with van der Waals surface area (Å²) in [7, 11) is 1.86. The van der Waals surface area contributed by atoms with Crippen LogP contribution in [-0.2, 0) is 6.42 Å². The molecule has 0 amide bonds. The minimum atomic E-state index is 0.220. The van der Waals surface area contributed by atoms with Gasteiger partial charge in [-0.1, -0.05) is 23.2 Å². The van der Waals surface area contributed by atoms with E-state index in [-0.39, 0.29) is 6.10 Å². The second-order valence-corrected chi connectivity index (χ2v) is 7.90. The predicted molar refractivity (Wildman–Crippen MR) is 116 cm³/mol. The number of aromatic nitrogens is 2. The zero-order valence-electron chi connectivity index (χ0n) is 16.3. The first-order valence-electron chi connectivity index (χ1n) is 9.61. The summed E-state index contributed by atoms with van der Waals surface area (Å²) >= 11 is 12.0. The fourth-order valence-corrected chi connectivity index (χ4v) is 3.88. The molecule has 0 aliphatic carbocycles. The lowest BCUT2D eigenvalue weighted by atomic mass is 10.1. The summed E-state index contributed by atoms with van der Waals surface area (Å²) in [5.41, 5.74) is 7.83. The van der Waals surface area contributed by atoms with Gasteiger partial charge in [-0.3, -0.25) is 0 Å². The van der Waals surface area contributed by atoms with Gasteiger partial charge in [-0.05, 0) is 51.3 Å². The highest BCUT2D eigenvalue weighted by atomic mass is 35.5. The van der Waals surface area contributed by atoms with Gasteiger partial charge in [0.1, 0.15) is 17.7 Å². The van der Waals surface area contributed by atoms with Crippen LogP contribution in [-0.4, -0.2) is 47.7 Å². The number of nitrogens with zero attached hydrogens (tertiary/aromatic N) is 3. The van der Waals surface area contributed by atoms with Crippen molar-refractivity contribution in [1.82, 2.24) is 14.9 Å². The zero-order valence-corrected chi connectivity index (χ0v) is 17.9. The molecule has 28 heavy (non-hydrogen) atoms. The molecule has 1 fully saturated rings. The van der Waals surface area contributed by atoms with Gasteiger partial charge in [0.2, 0.25) is 5.95 Å². The van der Waals surface area contributed by atoms with Crippen molar-refractivity contribution in [2.75, 3.05) is 37.7 Å². The monoisotopic (exact) mass is 423 g/mol. The third-order valence-electron chi connectivity index (χ3n) is 5.10. The lowest BCUT2D eigenvalue weighted by molar-refractivity contribution is 0.1000. The first-order valence-corrected chi connectivity index (χ1v) is 10.4. The third-order valence-corrected chi connectivity index (χ3v) is 5.84. The van der Waals surface area contributed by atoms with E-state index < -0.39 is 0 Å². The maximum atomic E-state index is 6.06. The zero-order chi connectivity index (χ0) is 20.1. The van der Waals surface area contributed by atoms with Gasteiger partial charge in [0.15, 0.2) is 0 Å². The van der Waals surface area contributed by atoms with Crippen LogP contribution in [0, 0.1) is 6.92 Å². The number of piperidine rings is 1. The Morgan fingerprint density at radius 3 is 2.64 bits per heavy atom. The highest BCUT2D eigenvalue weighted by Gasteiger charge is 2.21. The largest absolute Gasteiger partial charge is 0.490 e. The summed E-state index contributed by atoms with van der Waals surface area (Å²) < 4.78 is 6.06. The van der Waals surface area contributed by atoms with Crippen LogP contribution in [0.4, 0.5) is 11.8 Å². The molecular weight excluding hydrogens is 397 g/mol. The summed E-state index contributed by atoms with van der Waals surface area (Å²) in [6.45, 7) is 5.09. The van der Waals surface area contributed by atoms with Crippen LogP contribution in [0.25, 0.3) is 0 Å². The first kappa shape index (κ1) is 21.0. The molecule has 8 heteroatoms. The Kier molecular flexibility index (Phi) is 7.21. The molecule has 1 aromatic heterocycles. The molecule has 0 atom stereocenters. The van der Waals surface area contributed by atoms with Crippen LogP contribution >= 0.6 is 23.2 Å². The summed E-state index contributed by atoms with van der Waals surface area (Å²) in [6, 6.07) is 5.43. The SMILES string of the molecule is CNc1nc(N)nc(C)c1CCCN1CCC(Oc2ccc(Cl)c(Cl)c2)CC1. The molecule has 2 aromatic rings. The molecule has 152 valence electrons. The third kappa shape index (κ3) is 5.40. The van der Waals surface area contributed by atoms with E-state index in [1.807, 2.05) is 20.0 Å². The molecule has 2 heterocycles. The average molecular weight is 424 g/mol. The molecule has 6 nitrogen and oxygen atoms in total. The van der Waals surface area contributed by atoms with Crippen LogP contribution in [0.1, 0.15) is 30.5 Å². The van der Waals surface area contributed by atoms with Crippen LogP contribution in [0.3, 0.4) is 0 Å². The topological polar surface area (TPSA) is 76.3 Å². The van der Waals surface area contributed by atoms with Crippen molar-refractivity contribution < 1.29 is 4.74 Å². The highest BCUT2D eigenvalue weighted by Crippen LogP contribution is 2.28. The van der Waals surface area contributed by atoms with Crippen molar-refractivity contribution in [1.29, 1.82) is 0 Å². The molecule has 3 rings (SSSR count). The number of ether oxygens (including phenoxy) is 1. The molecule has 0 radical (unpaired) electrons. The summed E-state index contributed by atoms with van der Waals surface area (Å²) in [5.74, 6) is 1.93. The van der Waals surface area contributed by atoms with Crippen LogP contribution in [0.2, 0.25) is 10.0 Å². The number of halogens is 2. The number of aryl methyl sites for hydroxylation is 1. The van der Waals surface area contributed by atoms with Crippen molar-refractivity contribution in [3.63, 3.8) is 0 Å². The fraction of sp³-hybridized carbons (Fsp3) is 0.500. The van der Waals surface area contributed by atoms with Crippen LogP contribution in [0.5, 0.6) is 5.75 Å². The van der Waals surface area contributed by atoms with Gasteiger partial charge in [-0.25, -0.2) is 4.98 Å². The Labute approximate surface area is 176 Å². The van der Waals surface area contributed by atoms with Gasteiger partial charge in [0, 0.05) is 37.5 Å². The van der Waals surface area contributed by atoms with E-state index in [9.17, 15) is 0 Å². The summed E-state index contributed by atoms with van der Waals surface area (Å²) in [4.78, 5) is 11.1. The number of likely N-dealkylation sites (tertiary alicyclic amines) is 1. The van der Waals surface area contributed by atoms with Crippen molar-refractivity contribution >= 4 is 35.0 Å². The van der Waals surface area contributed by atoms with Crippen molar-refractivity contribution in [2.45, 2.75) is 38.7 Å². The lowest BCUT2D eigenvalue weighted by Crippen LogP contribution is -2.38. The fourth-order valence-electron chi connectivity index (χ4n) is 3.60. The molecule has 3 N–H and O–H groups in total. The molecular formula is C20H27Cl2N5O. The molecule has 1 aromatic carbocycles. The maximum absolute atomic E-state index is 6.06. The second kappa shape index (κ2) is 9.63. The number of hydrogen-bond donors (Lipinski definition) is 2. The summed E-state index contributed by atoms with van der Waals surface area (Å²) in [5, 5.41) is 4.20. The Bertz CT molecular complexity index is 809. The normalized spacial score (nSPS) is 15.6. The molecule has 1 saturated heterocycles. The number of hydrogen-bond acceptors (Lipinski definition) is 6. The van der Waals surface area contributed by atoms with Crippen LogP contribution in [0.15, 0.2) is 18.2 Å². The van der Waals surface area contributed by atoms with Gasteiger partial charge in [-0.2, -0.15) is 4.98 Å². The quantitative estimate of drug-likeness (QED) is 0.694. The van der Waals surface area contributed by atoms with E-state index >= 15 is 0 Å². The Hall–Kier alpha value is -1.76. The van der Waals surface area contributed by atoms with E-state index in [4.69, 9.17) is 33.7 Å². The van der Waals surface area contributed by atoms with Gasteiger partial charge in [-0.15, -0.1) is 0 Å². The molecule has 0 spiro atoms. The summed E-state index contributed by atoms with van der Waals surface area (Å²) in [6.07, 6.45) is 4.22. The van der Waals surface area contributed by atoms with Crippen molar-refractivity contribution in [3.8, 4) is 5.75 Å². The van der Waals surface area contributed by atoms with E-state index in [2.05, 4.69) is 20.2 Å². The van der Waals surface area contributed by atoms with Gasteiger partial charge in [0.25, 0.3) is 0 Å². The molecule has 0 saturated carbocycles. The van der Waals surface area contributed by atoms with E-state index in [0.717, 1.165) is 68.1 Å². The minimum Gasteiger partial charge on any atom is -0.490 e. The Morgan fingerprint density at radius 2 is 1.96 bits per heavy atom. The van der Waals surface area contributed by atoms with Gasteiger partial charge >= 0.3 is 0 Å².